The van der Waals surface area contributed by atoms with Crippen LogP contribution in [0.3, 0.4) is 0 Å². The molecule has 104 valence electrons. The van der Waals surface area contributed by atoms with Crippen molar-refractivity contribution in [3.8, 4) is 11.4 Å². The van der Waals surface area contributed by atoms with Crippen LogP contribution in [0.15, 0.2) is 35.5 Å². The number of hydrogen-bond donors (Lipinski definition) is 1. The highest BCUT2D eigenvalue weighted by Crippen LogP contribution is 2.41. The monoisotopic (exact) mass is 298 g/mol. The largest absolute Gasteiger partial charge is 0.306 e. The van der Waals surface area contributed by atoms with Crippen LogP contribution >= 0.6 is 11.6 Å². The highest BCUT2D eigenvalue weighted by atomic mass is 35.5. The maximum absolute atomic E-state index is 12.4. The first-order valence-corrected chi connectivity index (χ1v) is 7.10. The van der Waals surface area contributed by atoms with E-state index >= 15 is 0 Å². The zero-order valence-electron chi connectivity index (χ0n) is 11.0. The van der Waals surface area contributed by atoms with Crippen LogP contribution in [0, 0.1) is 0 Å². The van der Waals surface area contributed by atoms with Gasteiger partial charge in [-0.2, -0.15) is 0 Å². The Morgan fingerprint density at radius 2 is 2.14 bits per heavy atom. The summed E-state index contributed by atoms with van der Waals surface area (Å²) in [6.07, 6.45) is 7.22. The lowest BCUT2D eigenvalue weighted by Gasteiger charge is -2.06. The first-order chi connectivity index (χ1) is 10.2. The summed E-state index contributed by atoms with van der Waals surface area (Å²) in [6, 6.07) is 3.43. The number of fused-ring (bicyclic) bond motifs is 1. The average molecular weight is 299 g/mol. The van der Waals surface area contributed by atoms with Gasteiger partial charge in [-0.15, -0.1) is 0 Å². The molecule has 0 atom stereocenters. The molecule has 1 N–H and O–H groups in total. The fourth-order valence-electron chi connectivity index (χ4n) is 2.51. The molecule has 0 spiro atoms. The number of halogens is 1. The lowest BCUT2D eigenvalue weighted by molar-refractivity contribution is 1.09. The summed E-state index contributed by atoms with van der Waals surface area (Å²) in [5.41, 5.74) is 2.21. The summed E-state index contributed by atoms with van der Waals surface area (Å²) in [5, 5.41) is 1.01. The molecule has 0 radical (unpaired) electrons. The van der Waals surface area contributed by atoms with Gasteiger partial charge in [0.15, 0.2) is 0 Å². The molecule has 4 rings (SSSR count). The molecule has 3 heterocycles. The predicted molar refractivity (Wildman–Crippen MR) is 80.4 cm³/mol. The van der Waals surface area contributed by atoms with Gasteiger partial charge in [-0.25, -0.2) is 9.97 Å². The Morgan fingerprint density at radius 3 is 2.90 bits per heavy atom. The lowest BCUT2D eigenvalue weighted by Crippen LogP contribution is -2.12. The van der Waals surface area contributed by atoms with Gasteiger partial charge in [-0.1, -0.05) is 11.6 Å². The second kappa shape index (κ2) is 4.63. The molecule has 0 aliphatic heterocycles. The molecule has 1 aliphatic rings. The molecule has 21 heavy (non-hydrogen) atoms. The Hall–Kier alpha value is -2.27. The van der Waals surface area contributed by atoms with Gasteiger partial charge in [0.1, 0.15) is 11.0 Å². The molecule has 3 aromatic heterocycles. The van der Waals surface area contributed by atoms with Crippen LogP contribution in [0.4, 0.5) is 0 Å². The number of nitrogens with zero attached hydrogens (tertiary/aromatic N) is 3. The van der Waals surface area contributed by atoms with Crippen molar-refractivity contribution in [1.82, 2.24) is 19.9 Å². The number of nitrogens with one attached hydrogen (secondary N) is 1. The Bertz CT molecular complexity index is 902. The van der Waals surface area contributed by atoms with E-state index in [1.165, 1.54) is 0 Å². The molecular formula is C15H11ClN4O. The van der Waals surface area contributed by atoms with Gasteiger partial charge in [0.05, 0.1) is 17.1 Å². The molecule has 0 aromatic carbocycles. The summed E-state index contributed by atoms with van der Waals surface area (Å²) in [6.45, 7) is 0. The van der Waals surface area contributed by atoms with E-state index in [-0.39, 0.29) is 5.56 Å². The first kappa shape index (κ1) is 12.5. The normalized spacial score (nSPS) is 14.5. The summed E-state index contributed by atoms with van der Waals surface area (Å²) in [7, 11) is 0. The van der Waals surface area contributed by atoms with Crippen LogP contribution in [0.5, 0.6) is 0 Å². The maximum atomic E-state index is 12.4. The zero-order chi connectivity index (χ0) is 14.4. The number of H-pyrrole nitrogens is 1. The van der Waals surface area contributed by atoms with E-state index in [0.29, 0.717) is 27.8 Å². The molecule has 3 aromatic rings. The lowest BCUT2D eigenvalue weighted by atomic mass is 10.1. The molecule has 0 saturated heterocycles. The van der Waals surface area contributed by atoms with Crippen LogP contribution in [0.2, 0.25) is 5.15 Å². The van der Waals surface area contributed by atoms with E-state index < -0.39 is 0 Å². The Kier molecular flexibility index (Phi) is 2.75. The van der Waals surface area contributed by atoms with E-state index in [2.05, 4.69) is 19.9 Å². The topological polar surface area (TPSA) is 71.5 Å². The molecule has 0 amide bonds. The van der Waals surface area contributed by atoms with Crippen molar-refractivity contribution in [1.29, 1.82) is 0 Å². The molecule has 1 saturated carbocycles. The van der Waals surface area contributed by atoms with Gasteiger partial charge < -0.3 is 4.98 Å². The van der Waals surface area contributed by atoms with Gasteiger partial charge in [0.25, 0.3) is 5.56 Å². The number of rotatable bonds is 2. The van der Waals surface area contributed by atoms with Crippen LogP contribution < -0.4 is 5.56 Å². The third-order valence-corrected chi connectivity index (χ3v) is 3.87. The Labute approximate surface area is 125 Å². The van der Waals surface area contributed by atoms with Crippen molar-refractivity contribution in [2.75, 3.05) is 0 Å². The number of aromatic nitrogens is 4. The number of hydrogen-bond acceptors (Lipinski definition) is 4. The highest BCUT2D eigenvalue weighted by molar-refractivity contribution is 6.29. The van der Waals surface area contributed by atoms with Crippen molar-refractivity contribution in [2.45, 2.75) is 18.8 Å². The SMILES string of the molecule is O=c1[nH]c(-c2ccnc(Cl)c2)nc2cncc(C3CC3)c12. The molecule has 1 fully saturated rings. The van der Waals surface area contributed by atoms with Crippen LogP contribution in [-0.4, -0.2) is 19.9 Å². The molecule has 1 aliphatic carbocycles. The van der Waals surface area contributed by atoms with Crippen molar-refractivity contribution >= 4 is 22.5 Å². The quantitative estimate of drug-likeness (QED) is 0.738. The summed E-state index contributed by atoms with van der Waals surface area (Å²) in [4.78, 5) is 27.9. The van der Waals surface area contributed by atoms with Crippen molar-refractivity contribution < 1.29 is 0 Å². The smallest absolute Gasteiger partial charge is 0.259 e. The Morgan fingerprint density at radius 1 is 1.29 bits per heavy atom. The minimum Gasteiger partial charge on any atom is -0.306 e. The third kappa shape index (κ3) is 2.19. The van der Waals surface area contributed by atoms with Gasteiger partial charge in [-0.3, -0.25) is 9.78 Å². The average Bonchev–Trinajstić information content (AvgIpc) is 3.31. The molecule has 0 unspecified atom stereocenters. The zero-order valence-corrected chi connectivity index (χ0v) is 11.8. The molecule has 6 heteroatoms. The molecule has 0 bridgehead atoms. The maximum Gasteiger partial charge on any atom is 0.259 e. The van der Waals surface area contributed by atoms with E-state index in [4.69, 9.17) is 11.6 Å². The van der Waals surface area contributed by atoms with E-state index in [1.807, 2.05) is 0 Å². The van der Waals surface area contributed by atoms with Gasteiger partial charge >= 0.3 is 0 Å². The summed E-state index contributed by atoms with van der Waals surface area (Å²) in [5.74, 6) is 0.928. The van der Waals surface area contributed by atoms with E-state index in [1.54, 1.807) is 30.7 Å². The van der Waals surface area contributed by atoms with Crippen molar-refractivity contribution in [3.63, 3.8) is 0 Å². The van der Waals surface area contributed by atoms with Crippen LogP contribution in [0.1, 0.15) is 24.3 Å². The fourth-order valence-corrected chi connectivity index (χ4v) is 2.68. The van der Waals surface area contributed by atoms with Crippen LogP contribution in [0.25, 0.3) is 22.3 Å². The molecule has 5 nitrogen and oxygen atoms in total. The van der Waals surface area contributed by atoms with Crippen molar-refractivity contribution in [3.05, 3.63) is 51.8 Å². The fraction of sp³-hybridized carbons (Fsp3) is 0.200. The van der Waals surface area contributed by atoms with Crippen molar-refractivity contribution in [2.24, 2.45) is 0 Å². The van der Waals surface area contributed by atoms with Gasteiger partial charge in [0, 0.05) is 18.0 Å². The highest BCUT2D eigenvalue weighted by Gasteiger charge is 2.27. The predicted octanol–water partition coefficient (Wildman–Crippen LogP) is 2.91. The second-order valence-electron chi connectivity index (χ2n) is 5.18. The standard InChI is InChI=1S/C15H11ClN4O/c16-12-5-9(3-4-18-12)14-19-11-7-17-6-10(8-1-2-8)13(11)15(21)20-14/h3-8H,1-2H2,(H,19,20,21). The number of aromatic amines is 1. The third-order valence-electron chi connectivity index (χ3n) is 3.66. The summed E-state index contributed by atoms with van der Waals surface area (Å²) >= 11 is 5.88. The van der Waals surface area contributed by atoms with Crippen LogP contribution in [-0.2, 0) is 0 Å². The summed E-state index contributed by atoms with van der Waals surface area (Å²) < 4.78 is 0. The van der Waals surface area contributed by atoms with Gasteiger partial charge in [-0.05, 0) is 36.5 Å². The van der Waals surface area contributed by atoms with E-state index in [0.717, 1.165) is 24.0 Å². The minimum absolute atomic E-state index is 0.132. The molecular weight excluding hydrogens is 288 g/mol. The Balaban J connectivity index is 1.96. The number of pyridine rings is 2. The van der Waals surface area contributed by atoms with E-state index in [9.17, 15) is 4.79 Å². The minimum atomic E-state index is -0.132. The second-order valence-corrected chi connectivity index (χ2v) is 5.57. The van der Waals surface area contributed by atoms with Gasteiger partial charge in [0.2, 0.25) is 0 Å². The first-order valence-electron chi connectivity index (χ1n) is 6.72.